The lowest BCUT2D eigenvalue weighted by molar-refractivity contribution is 0.0207. The Morgan fingerprint density at radius 2 is 0.700 bits per heavy atom. The highest BCUT2D eigenvalue weighted by Gasteiger charge is 2.41. The number of aliphatic hydroxyl groups is 2. The molecule has 20 N–H and O–H groups in total. The van der Waals surface area contributed by atoms with Crippen molar-refractivity contribution in [2.24, 2.45) is 0 Å². The average Bonchev–Trinajstić information content (AvgIpc) is 2.97. The summed E-state index contributed by atoms with van der Waals surface area (Å²) in [6, 6.07) is 8.12. The second kappa shape index (κ2) is 15.2. The van der Waals surface area contributed by atoms with Gasteiger partial charge in [0.1, 0.15) is 45.6 Å². The van der Waals surface area contributed by atoms with Gasteiger partial charge in [0.15, 0.2) is 58.9 Å². The summed E-state index contributed by atoms with van der Waals surface area (Å²) in [6.45, 7) is 0. The van der Waals surface area contributed by atoms with Crippen LogP contribution < -0.4 is 9.47 Å². The highest BCUT2D eigenvalue weighted by Crippen LogP contribution is 2.46. The summed E-state index contributed by atoms with van der Waals surface area (Å²) in [4.78, 5) is 24.4. The predicted molar refractivity (Wildman–Crippen MR) is 164 cm³/mol. The van der Waals surface area contributed by atoms with E-state index < -0.39 is 82.0 Å². The van der Waals surface area contributed by atoms with Gasteiger partial charge in [0, 0.05) is 35.4 Å². The molecule has 0 saturated carbocycles. The van der Waals surface area contributed by atoms with Crippen LogP contribution in [-0.4, -0.2) is 107 Å². The molecule has 0 spiro atoms. The van der Waals surface area contributed by atoms with Crippen LogP contribution in [0.15, 0.2) is 48.5 Å². The molecule has 0 amide bonds. The summed E-state index contributed by atoms with van der Waals surface area (Å²) in [5.41, 5.74) is -0.517. The lowest BCUT2D eigenvalue weighted by Gasteiger charge is -2.30. The van der Waals surface area contributed by atoms with E-state index >= 15 is 0 Å². The molecule has 0 aromatic heterocycles. The fourth-order valence-electron chi connectivity index (χ4n) is 4.91. The molecule has 0 unspecified atom stereocenters. The van der Waals surface area contributed by atoms with Crippen LogP contribution in [0.25, 0.3) is 0 Å². The molecule has 4 atom stereocenters. The number of carbonyl (C=O) groups excluding carboxylic acids is 2. The van der Waals surface area contributed by atoms with E-state index in [1.165, 1.54) is 0 Å². The smallest absolute Gasteiger partial charge is 0.202 e. The highest BCUT2D eigenvalue weighted by molar-refractivity contribution is 6.06. The summed E-state index contributed by atoms with van der Waals surface area (Å²) < 4.78 is 10.8. The van der Waals surface area contributed by atoms with Crippen molar-refractivity contribution in [2.45, 2.75) is 24.4 Å². The first-order chi connectivity index (χ1) is 21.6. The number of ketones is 2. The number of rotatable bonds is 2. The van der Waals surface area contributed by atoms with Crippen molar-refractivity contribution in [3.63, 3.8) is 0 Å². The van der Waals surface area contributed by atoms with Gasteiger partial charge in [-0.15, -0.1) is 0 Å². The number of ether oxygens (including phenoxy) is 2. The molecule has 2 aliphatic rings. The second-order valence-electron chi connectivity index (χ2n) is 10.2. The SMILES string of the molecule is O.O.O.O.O=C1c2c(O)cc(O)cc2O[C@@H](c2cc(O)c(O)c(O)c2)[C@@H]1O.O=C1c2c(O)cc(O)cc2O[C@H](c2cc(O)c(O)c(O)c2)[C@H]1O. The maximum atomic E-state index is 12.2. The van der Waals surface area contributed by atoms with Crippen molar-refractivity contribution in [3.8, 4) is 69.0 Å². The Balaban J connectivity index is 0.000000463. The fraction of sp³-hybridized carbons (Fsp3) is 0.133. The van der Waals surface area contributed by atoms with E-state index in [0.29, 0.717) is 0 Å². The zero-order chi connectivity index (χ0) is 33.8. The zero-order valence-electron chi connectivity index (χ0n) is 24.9. The Morgan fingerprint density at radius 3 is 0.980 bits per heavy atom. The second-order valence-corrected chi connectivity index (χ2v) is 10.2. The van der Waals surface area contributed by atoms with E-state index in [9.17, 15) is 70.9 Å². The third kappa shape index (κ3) is 7.19. The van der Waals surface area contributed by atoms with Crippen LogP contribution >= 0.6 is 0 Å². The van der Waals surface area contributed by atoms with Crippen molar-refractivity contribution in [1.82, 2.24) is 0 Å². The number of benzene rings is 4. The Bertz CT molecular complexity index is 1720. The van der Waals surface area contributed by atoms with E-state index in [1.54, 1.807) is 0 Å². The van der Waals surface area contributed by atoms with Crippen molar-refractivity contribution < 1.29 is 102 Å². The minimum Gasteiger partial charge on any atom is -0.508 e. The van der Waals surface area contributed by atoms with Gasteiger partial charge in [-0.2, -0.15) is 0 Å². The monoisotopic (exact) mass is 712 g/mol. The lowest BCUT2D eigenvalue weighted by atomic mass is 9.92. The number of fused-ring (bicyclic) bond motifs is 2. The summed E-state index contributed by atoms with van der Waals surface area (Å²) in [5.74, 6) is -7.92. The molecule has 0 saturated heterocycles. The molecule has 20 nitrogen and oxygen atoms in total. The molecule has 50 heavy (non-hydrogen) atoms. The van der Waals surface area contributed by atoms with Gasteiger partial charge in [0.05, 0.1) is 0 Å². The number of hydrogen-bond acceptors (Lipinski definition) is 16. The number of phenols is 10. The topological polar surface area (TPSA) is 421 Å². The fourth-order valence-corrected chi connectivity index (χ4v) is 4.91. The van der Waals surface area contributed by atoms with Gasteiger partial charge in [-0.25, -0.2) is 0 Å². The Hall–Kier alpha value is -6.42. The number of aliphatic hydroxyl groups excluding tert-OH is 2. The van der Waals surface area contributed by atoms with Crippen LogP contribution in [0, 0.1) is 0 Å². The quantitative estimate of drug-likeness (QED) is 0.105. The maximum absolute atomic E-state index is 12.2. The van der Waals surface area contributed by atoms with Crippen molar-refractivity contribution >= 4 is 11.6 Å². The largest absolute Gasteiger partial charge is 0.508 e. The van der Waals surface area contributed by atoms with Gasteiger partial charge in [-0.1, -0.05) is 0 Å². The lowest BCUT2D eigenvalue weighted by Crippen LogP contribution is -2.36. The van der Waals surface area contributed by atoms with E-state index in [-0.39, 0.29) is 67.2 Å². The molecule has 0 radical (unpaired) electrons. The molecule has 6 rings (SSSR count). The van der Waals surface area contributed by atoms with Gasteiger partial charge in [0.25, 0.3) is 0 Å². The Kier molecular flexibility index (Phi) is 12.7. The number of Topliss-reactive ketones (excluding diaryl/α,β-unsaturated/α-hetero) is 2. The molecule has 0 fully saturated rings. The van der Waals surface area contributed by atoms with Gasteiger partial charge in [-0.05, 0) is 24.3 Å². The minimum atomic E-state index is -1.72. The minimum absolute atomic E-state index is 0. The maximum Gasteiger partial charge on any atom is 0.202 e. The first kappa shape index (κ1) is 41.6. The van der Waals surface area contributed by atoms with Crippen LogP contribution in [0.2, 0.25) is 0 Å². The normalized spacial score (nSPS) is 18.4. The summed E-state index contributed by atoms with van der Waals surface area (Å²) >= 11 is 0. The number of hydrogen-bond donors (Lipinski definition) is 12. The Morgan fingerprint density at radius 1 is 0.420 bits per heavy atom. The van der Waals surface area contributed by atoms with Crippen molar-refractivity contribution in [1.29, 1.82) is 0 Å². The van der Waals surface area contributed by atoms with Crippen LogP contribution in [0.3, 0.4) is 0 Å². The van der Waals surface area contributed by atoms with Gasteiger partial charge in [-0.3, -0.25) is 9.59 Å². The van der Waals surface area contributed by atoms with Gasteiger partial charge in [0.2, 0.25) is 11.6 Å². The van der Waals surface area contributed by atoms with E-state index in [0.717, 1.165) is 48.5 Å². The molecular formula is C30H32O20. The number of aromatic hydroxyl groups is 10. The predicted octanol–water partition coefficient (Wildman–Crippen LogP) is -1.52. The third-order valence-corrected chi connectivity index (χ3v) is 7.08. The summed E-state index contributed by atoms with van der Waals surface area (Å²) in [5, 5.41) is 115. The molecule has 4 aromatic rings. The van der Waals surface area contributed by atoms with Crippen LogP contribution in [0.5, 0.6) is 69.0 Å². The number of carbonyl (C=O) groups is 2. The van der Waals surface area contributed by atoms with E-state index in [2.05, 4.69) is 0 Å². The number of phenolic OH excluding ortho intramolecular Hbond substituents is 10. The first-order valence-electron chi connectivity index (χ1n) is 13.0. The summed E-state index contributed by atoms with van der Waals surface area (Å²) in [7, 11) is 0. The molecule has 4 aromatic carbocycles. The molecule has 2 aliphatic heterocycles. The standard InChI is InChI=1S/2C15H12O8.4H2O/c2*16-6-3-7(17)11-10(4-6)23-15(14(22)13(11)21)5-1-8(18)12(20)9(19)2-5;;;;/h2*1-4,14-20,22H;4*1H2/t2*14-,15+;;;;/m10..../s1. The third-order valence-electron chi connectivity index (χ3n) is 7.08. The van der Waals surface area contributed by atoms with Crippen molar-refractivity contribution in [3.05, 3.63) is 70.8 Å². The zero-order valence-corrected chi connectivity index (χ0v) is 24.9. The van der Waals surface area contributed by atoms with Crippen molar-refractivity contribution in [2.75, 3.05) is 0 Å². The van der Waals surface area contributed by atoms with Gasteiger partial charge >= 0.3 is 0 Å². The molecule has 0 bridgehead atoms. The van der Waals surface area contributed by atoms with Crippen LogP contribution in [0.1, 0.15) is 44.1 Å². The van der Waals surface area contributed by atoms with E-state index in [1.807, 2.05) is 0 Å². The molecule has 272 valence electrons. The average molecular weight is 713 g/mol. The molecule has 0 aliphatic carbocycles. The molecule has 2 heterocycles. The molecular weight excluding hydrogens is 680 g/mol. The molecule has 20 heteroatoms. The van der Waals surface area contributed by atoms with Gasteiger partial charge < -0.3 is 92.7 Å². The Labute approximate surface area is 278 Å². The van der Waals surface area contributed by atoms with E-state index in [4.69, 9.17) is 9.47 Å². The van der Waals surface area contributed by atoms with Crippen LogP contribution in [0.4, 0.5) is 0 Å². The first-order valence-corrected chi connectivity index (χ1v) is 13.0. The highest BCUT2D eigenvalue weighted by atomic mass is 16.5. The van der Waals surface area contributed by atoms with Crippen LogP contribution in [-0.2, 0) is 0 Å². The summed E-state index contributed by atoms with van der Waals surface area (Å²) in [6.07, 6.45) is -6.07.